The number of likely N-dealkylation sites (N-methyl/N-ethyl adjacent to an activating group) is 1. The van der Waals surface area contributed by atoms with Gasteiger partial charge in [-0.2, -0.15) is 0 Å². The van der Waals surface area contributed by atoms with Crippen molar-refractivity contribution in [2.24, 2.45) is 11.8 Å². The fourth-order valence-electron chi connectivity index (χ4n) is 3.49. The van der Waals surface area contributed by atoms with Gasteiger partial charge in [0.1, 0.15) is 18.1 Å². The Bertz CT molecular complexity index is 697. The van der Waals surface area contributed by atoms with Crippen LogP contribution in [-0.4, -0.2) is 52.0 Å². The summed E-state index contributed by atoms with van der Waals surface area (Å²) in [7, 11) is 4.11. The van der Waals surface area contributed by atoms with Gasteiger partial charge in [-0.1, -0.05) is 29.8 Å². The predicted molar refractivity (Wildman–Crippen MR) is 113 cm³/mol. The molecular weight excluding hydrogens is 350 g/mol. The van der Waals surface area contributed by atoms with Gasteiger partial charge in [0, 0.05) is 19.1 Å². The SMILES string of the molecule is Cc1ccc(OCC2CCOCC2Cc2ccc(OCCN(C)C)cc2)cc1. The molecule has 4 heteroatoms. The van der Waals surface area contributed by atoms with E-state index in [1.54, 1.807) is 0 Å². The first kappa shape index (κ1) is 20.7. The number of rotatable bonds is 9. The van der Waals surface area contributed by atoms with Gasteiger partial charge >= 0.3 is 0 Å². The Morgan fingerprint density at radius 2 is 1.61 bits per heavy atom. The van der Waals surface area contributed by atoms with Gasteiger partial charge < -0.3 is 19.1 Å². The van der Waals surface area contributed by atoms with Gasteiger partial charge in [-0.3, -0.25) is 0 Å². The topological polar surface area (TPSA) is 30.9 Å². The second kappa shape index (κ2) is 10.5. The van der Waals surface area contributed by atoms with Crippen molar-refractivity contribution in [3.63, 3.8) is 0 Å². The van der Waals surface area contributed by atoms with E-state index in [1.165, 1.54) is 11.1 Å². The summed E-state index contributed by atoms with van der Waals surface area (Å²) < 4.78 is 17.6. The van der Waals surface area contributed by atoms with Crippen molar-refractivity contribution in [2.45, 2.75) is 19.8 Å². The van der Waals surface area contributed by atoms with Crippen LogP contribution in [0.1, 0.15) is 17.5 Å². The zero-order valence-electron chi connectivity index (χ0n) is 17.4. The molecule has 28 heavy (non-hydrogen) atoms. The Labute approximate surface area is 169 Å². The van der Waals surface area contributed by atoms with Gasteiger partial charge in [0.05, 0.1) is 13.2 Å². The van der Waals surface area contributed by atoms with Crippen LogP contribution in [0.4, 0.5) is 0 Å². The number of ether oxygens (including phenoxy) is 3. The molecule has 0 saturated carbocycles. The van der Waals surface area contributed by atoms with Crippen molar-refractivity contribution in [1.82, 2.24) is 4.90 Å². The average molecular weight is 384 g/mol. The fourth-order valence-corrected chi connectivity index (χ4v) is 3.49. The molecule has 2 aromatic carbocycles. The van der Waals surface area contributed by atoms with Gasteiger partial charge in [-0.15, -0.1) is 0 Å². The predicted octanol–water partition coefficient (Wildman–Crippen LogP) is 4.21. The van der Waals surface area contributed by atoms with E-state index in [0.29, 0.717) is 18.4 Å². The van der Waals surface area contributed by atoms with E-state index in [4.69, 9.17) is 14.2 Å². The van der Waals surface area contributed by atoms with Crippen LogP contribution < -0.4 is 9.47 Å². The van der Waals surface area contributed by atoms with Crippen LogP contribution in [0.25, 0.3) is 0 Å². The molecule has 152 valence electrons. The Kier molecular flexibility index (Phi) is 7.75. The fraction of sp³-hybridized carbons (Fsp3) is 0.500. The maximum absolute atomic E-state index is 6.07. The molecule has 0 bridgehead atoms. The summed E-state index contributed by atoms with van der Waals surface area (Å²) in [6, 6.07) is 16.8. The van der Waals surface area contributed by atoms with Crippen molar-refractivity contribution in [3.05, 3.63) is 59.7 Å². The molecule has 2 aromatic rings. The molecule has 2 atom stereocenters. The normalized spacial score (nSPS) is 19.6. The number of aryl methyl sites for hydroxylation is 1. The van der Waals surface area contributed by atoms with E-state index in [-0.39, 0.29) is 0 Å². The van der Waals surface area contributed by atoms with Crippen LogP contribution in [0.3, 0.4) is 0 Å². The van der Waals surface area contributed by atoms with E-state index in [9.17, 15) is 0 Å². The largest absolute Gasteiger partial charge is 0.493 e. The van der Waals surface area contributed by atoms with Crippen molar-refractivity contribution in [3.8, 4) is 11.5 Å². The summed E-state index contributed by atoms with van der Waals surface area (Å²) in [5.74, 6) is 2.89. The summed E-state index contributed by atoms with van der Waals surface area (Å²) in [5.41, 5.74) is 2.58. The summed E-state index contributed by atoms with van der Waals surface area (Å²) in [6.07, 6.45) is 2.07. The van der Waals surface area contributed by atoms with E-state index >= 15 is 0 Å². The maximum atomic E-state index is 6.07. The molecule has 0 aliphatic carbocycles. The van der Waals surface area contributed by atoms with Gasteiger partial charge in [-0.25, -0.2) is 0 Å². The first-order valence-corrected chi connectivity index (χ1v) is 10.2. The first-order valence-electron chi connectivity index (χ1n) is 10.2. The molecule has 0 spiro atoms. The molecule has 3 rings (SSSR count). The summed E-state index contributed by atoms with van der Waals surface area (Å²) in [6.45, 7) is 6.12. The number of benzene rings is 2. The summed E-state index contributed by atoms with van der Waals surface area (Å²) >= 11 is 0. The standard InChI is InChI=1S/C24H33NO3/c1-19-4-8-24(9-5-19)28-18-21-12-14-26-17-22(21)16-20-6-10-23(11-7-20)27-15-13-25(2)3/h4-11,21-22H,12-18H2,1-3H3. The quantitative estimate of drug-likeness (QED) is 0.649. The molecular formula is C24H33NO3. The van der Waals surface area contributed by atoms with Crippen molar-refractivity contribution >= 4 is 0 Å². The third-order valence-corrected chi connectivity index (χ3v) is 5.35. The van der Waals surface area contributed by atoms with Gasteiger partial charge in [0.2, 0.25) is 0 Å². The highest BCUT2D eigenvalue weighted by Crippen LogP contribution is 2.27. The minimum Gasteiger partial charge on any atom is -0.493 e. The second-order valence-electron chi connectivity index (χ2n) is 8.01. The van der Waals surface area contributed by atoms with Crippen LogP contribution in [-0.2, 0) is 11.2 Å². The molecule has 2 unspecified atom stereocenters. The highest BCUT2D eigenvalue weighted by Gasteiger charge is 2.26. The molecule has 0 N–H and O–H groups in total. The monoisotopic (exact) mass is 383 g/mol. The molecule has 1 aliphatic heterocycles. The Morgan fingerprint density at radius 3 is 2.32 bits per heavy atom. The number of hydrogen-bond donors (Lipinski definition) is 0. The van der Waals surface area contributed by atoms with Crippen molar-refractivity contribution in [2.75, 3.05) is 47.1 Å². The number of nitrogens with zero attached hydrogens (tertiary/aromatic N) is 1. The molecule has 1 saturated heterocycles. The number of hydrogen-bond acceptors (Lipinski definition) is 4. The van der Waals surface area contributed by atoms with Gasteiger partial charge in [0.25, 0.3) is 0 Å². The van der Waals surface area contributed by atoms with Crippen LogP contribution in [0.2, 0.25) is 0 Å². The van der Waals surface area contributed by atoms with E-state index < -0.39 is 0 Å². The van der Waals surface area contributed by atoms with Crippen molar-refractivity contribution in [1.29, 1.82) is 0 Å². The second-order valence-corrected chi connectivity index (χ2v) is 8.01. The van der Waals surface area contributed by atoms with Gasteiger partial charge in [0.15, 0.2) is 0 Å². The molecule has 0 amide bonds. The molecule has 1 heterocycles. The molecule has 1 aliphatic rings. The maximum Gasteiger partial charge on any atom is 0.119 e. The highest BCUT2D eigenvalue weighted by atomic mass is 16.5. The van der Waals surface area contributed by atoms with Crippen molar-refractivity contribution < 1.29 is 14.2 Å². The zero-order chi connectivity index (χ0) is 19.8. The minimum absolute atomic E-state index is 0.486. The Balaban J connectivity index is 1.51. The van der Waals surface area contributed by atoms with E-state index in [0.717, 1.165) is 50.7 Å². The average Bonchev–Trinajstić information content (AvgIpc) is 2.70. The first-order chi connectivity index (χ1) is 13.6. The molecule has 1 fully saturated rings. The molecule has 0 aromatic heterocycles. The Morgan fingerprint density at radius 1 is 0.929 bits per heavy atom. The zero-order valence-corrected chi connectivity index (χ0v) is 17.4. The summed E-state index contributed by atoms with van der Waals surface area (Å²) in [4.78, 5) is 2.12. The third-order valence-electron chi connectivity index (χ3n) is 5.35. The minimum atomic E-state index is 0.486. The van der Waals surface area contributed by atoms with E-state index in [2.05, 4.69) is 74.4 Å². The lowest BCUT2D eigenvalue weighted by atomic mass is 9.84. The lowest BCUT2D eigenvalue weighted by molar-refractivity contribution is 0.00107. The van der Waals surface area contributed by atoms with Crippen LogP contribution >= 0.6 is 0 Å². The smallest absolute Gasteiger partial charge is 0.119 e. The van der Waals surface area contributed by atoms with Crippen LogP contribution in [0.5, 0.6) is 11.5 Å². The van der Waals surface area contributed by atoms with Gasteiger partial charge in [-0.05, 0) is 69.6 Å². The lowest BCUT2D eigenvalue weighted by Gasteiger charge is -2.31. The Hall–Kier alpha value is -2.04. The molecule has 4 nitrogen and oxygen atoms in total. The molecule has 0 radical (unpaired) electrons. The lowest BCUT2D eigenvalue weighted by Crippen LogP contribution is -2.33. The summed E-state index contributed by atoms with van der Waals surface area (Å²) in [5, 5.41) is 0. The third kappa shape index (κ3) is 6.54. The highest BCUT2D eigenvalue weighted by molar-refractivity contribution is 5.28. The van der Waals surface area contributed by atoms with Crippen LogP contribution in [0.15, 0.2) is 48.5 Å². The van der Waals surface area contributed by atoms with Crippen LogP contribution in [0, 0.1) is 18.8 Å². The van der Waals surface area contributed by atoms with E-state index in [1.807, 2.05) is 0 Å².